The number of benzene rings is 1. The maximum Gasteiger partial charge on any atom is 0.271 e. The van der Waals surface area contributed by atoms with Gasteiger partial charge in [-0.2, -0.15) is 0 Å². The first-order chi connectivity index (χ1) is 8.95. The molecule has 0 bridgehead atoms. The van der Waals surface area contributed by atoms with E-state index >= 15 is 0 Å². The van der Waals surface area contributed by atoms with Crippen LogP contribution < -0.4 is 5.32 Å². The molecule has 0 radical (unpaired) electrons. The Morgan fingerprint density at radius 2 is 2.16 bits per heavy atom. The van der Waals surface area contributed by atoms with Crippen molar-refractivity contribution >= 4 is 23.2 Å². The lowest BCUT2D eigenvalue weighted by Gasteiger charge is -2.12. The summed E-state index contributed by atoms with van der Waals surface area (Å²) in [5.74, 6) is 0.309. The summed E-state index contributed by atoms with van der Waals surface area (Å²) in [7, 11) is 0. The number of nitro groups is 1. The molecule has 0 aliphatic heterocycles. The number of non-ortho nitro benzene ring substituents is 1. The van der Waals surface area contributed by atoms with E-state index in [4.69, 9.17) is 11.6 Å². The quantitative estimate of drug-likeness (QED) is 0.683. The molecule has 0 aromatic heterocycles. The van der Waals surface area contributed by atoms with Crippen LogP contribution in [-0.2, 0) is 0 Å². The van der Waals surface area contributed by atoms with Gasteiger partial charge in [-0.05, 0) is 31.2 Å². The Kier molecular flexibility index (Phi) is 4.04. The summed E-state index contributed by atoms with van der Waals surface area (Å²) in [5.41, 5.74) is 0.0659. The number of nitro benzene ring substituents is 1. The molecule has 1 fully saturated rings. The molecule has 6 heteroatoms. The van der Waals surface area contributed by atoms with Crippen LogP contribution >= 0.6 is 11.6 Å². The molecule has 2 unspecified atom stereocenters. The molecule has 1 aliphatic carbocycles. The second-order valence-electron chi connectivity index (χ2n) is 5.04. The van der Waals surface area contributed by atoms with Crippen molar-refractivity contribution < 1.29 is 9.72 Å². The molecular weight excluding hydrogens is 268 g/mol. The summed E-state index contributed by atoms with van der Waals surface area (Å²) in [4.78, 5) is 22.2. The summed E-state index contributed by atoms with van der Waals surface area (Å²) in [6.45, 7) is 2.15. The molecule has 1 aromatic rings. The third-order valence-corrected chi connectivity index (χ3v) is 3.60. The third-order valence-electron chi connectivity index (χ3n) is 3.39. The Morgan fingerprint density at radius 1 is 1.42 bits per heavy atom. The molecule has 2 rings (SSSR count). The van der Waals surface area contributed by atoms with Crippen molar-refractivity contribution in [3.05, 3.63) is 38.9 Å². The van der Waals surface area contributed by atoms with Gasteiger partial charge in [0.1, 0.15) is 0 Å². The SMILES string of the molecule is CC1CCC(NC(=O)c2cc(Cl)cc([N+](=O)[O-])c2)C1. The normalized spacial score (nSPS) is 22.2. The van der Waals surface area contributed by atoms with Crippen molar-refractivity contribution in [3.63, 3.8) is 0 Å². The number of halogens is 1. The molecule has 1 saturated carbocycles. The van der Waals surface area contributed by atoms with Crippen LogP contribution in [0, 0.1) is 16.0 Å². The van der Waals surface area contributed by atoms with Gasteiger partial charge < -0.3 is 5.32 Å². The summed E-state index contributed by atoms with van der Waals surface area (Å²) >= 11 is 5.79. The highest BCUT2D eigenvalue weighted by atomic mass is 35.5. The first-order valence-corrected chi connectivity index (χ1v) is 6.59. The first-order valence-electron chi connectivity index (χ1n) is 6.21. The van der Waals surface area contributed by atoms with Crippen molar-refractivity contribution in [2.75, 3.05) is 0 Å². The van der Waals surface area contributed by atoms with Crippen LogP contribution in [-0.4, -0.2) is 16.9 Å². The highest BCUT2D eigenvalue weighted by Gasteiger charge is 2.23. The van der Waals surface area contributed by atoms with Crippen LogP contribution in [0.3, 0.4) is 0 Å². The van der Waals surface area contributed by atoms with E-state index in [-0.39, 0.29) is 28.2 Å². The van der Waals surface area contributed by atoms with E-state index in [1.165, 1.54) is 18.2 Å². The van der Waals surface area contributed by atoms with E-state index in [1.807, 2.05) is 0 Å². The maximum absolute atomic E-state index is 12.0. The van der Waals surface area contributed by atoms with Crippen molar-refractivity contribution in [2.24, 2.45) is 5.92 Å². The molecule has 1 aromatic carbocycles. The minimum absolute atomic E-state index is 0.153. The highest BCUT2D eigenvalue weighted by Crippen LogP contribution is 2.25. The number of amides is 1. The van der Waals surface area contributed by atoms with E-state index in [0.717, 1.165) is 19.3 Å². The zero-order valence-corrected chi connectivity index (χ0v) is 11.3. The number of rotatable bonds is 3. The summed E-state index contributed by atoms with van der Waals surface area (Å²) in [6, 6.07) is 4.08. The van der Waals surface area contributed by atoms with Gasteiger partial charge in [-0.25, -0.2) is 0 Å². The molecular formula is C13H15ClN2O3. The van der Waals surface area contributed by atoms with Crippen molar-refractivity contribution in [1.82, 2.24) is 5.32 Å². The number of carbonyl (C=O) groups excluding carboxylic acids is 1. The smallest absolute Gasteiger partial charge is 0.271 e. The molecule has 0 saturated heterocycles. The van der Waals surface area contributed by atoms with Crippen LogP contribution in [0.1, 0.15) is 36.5 Å². The Bertz CT molecular complexity index is 519. The fourth-order valence-corrected chi connectivity index (χ4v) is 2.65. The molecule has 0 spiro atoms. The highest BCUT2D eigenvalue weighted by molar-refractivity contribution is 6.31. The first kappa shape index (κ1) is 13.8. The number of nitrogens with zero attached hydrogens (tertiary/aromatic N) is 1. The van der Waals surface area contributed by atoms with Crippen LogP contribution in [0.4, 0.5) is 5.69 Å². The topological polar surface area (TPSA) is 72.2 Å². The summed E-state index contributed by atoms with van der Waals surface area (Å²) in [6.07, 6.45) is 3.00. The van der Waals surface area contributed by atoms with Gasteiger partial charge in [0, 0.05) is 28.8 Å². The number of nitrogens with one attached hydrogen (secondary N) is 1. The van der Waals surface area contributed by atoms with Crippen molar-refractivity contribution in [1.29, 1.82) is 0 Å². The van der Waals surface area contributed by atoms with Gasteiger partial charge >= 0.3 is 0 Å². The minimum atomic E-state index is -0.555. The lowest BCUT2D eigenvalue weighted by molar-refractivity contribution is -0.384. The van der Waals surface area contributed by atoms with Gasteiger partial charge in [-0.15, -0.1) is 0 Å². The third kappa shape index (κ3) is 3.44. The summed E-state index contributed by atoms with van der Waals surface area (Å²) < 4.78 is 0. The second-order valence-corrected chi connectivity index (χ2v) is 5.48. The van der Waals surface area contributed by atoms with Gasteiger partial charge in [0.2, 0.25) is 0 Å². The molecule has 19 heavy (non-hydrogen) atoms. The summed E-state index contributed by atoms with van der Waals surface area (Å²) in [5, 5.41) is 13.8. The van der Waals surface area contributed by atoms with E-state index in [0.29, 0.717) is 5.92 Å². The van der Waals surface area contributed by atoms with E-state index < -0.39 is 4.92 Å². The van der Waals surface area contributed by atoms with Gasteiger partial charge in [-0.1, -0.05) is 18.5 Å². The zero-order valence-electron chi connectivity index (χ0n) is 10.6. The molecule has 2 atom stereocenters. The van der Waals surface area contributed by atoms with E-state index in [2.05, 4.69) is 12.2 Å². The van der Waals surface area contributed by atoms with Gasteiger partial charge in [0.25, 0.3) is 11.6 Å². The monoisotopic (exact) mass is 282 g/mol. The lowest BCUT2D eigenvalue weighted by atomic mass is 10.1. The van der Waals surface area contributed by atoms with E-state index in [1.54, 1.807) is 0 Å². The van der Waals surface area contributed by atoms with Crippen molar-refractivity contribution in [2.45, 2.75) is 32.2 Å². The Balaban J connectivity index is 2.12. The fraction of sp³-hybridized carbons (Fsp3) is 0.462. The van der Waals surface area contributed by atoms with Crippen LogP contribution in [0.25, 0.3) is 0 Å². The van der Waals surface area contributed by atoms with Gasteiger partial charge in [-0.3, -0.25) is 14.9 Å². The van der Waals surface area contributed by atoms with Crippen LogP contribution in [0.2, 0.25) is 5.02 Å². The predicted octanol–water partition coefficient (Wildman–Crippen LogP) is 3.17. The van der Waals surface area contributed by atoms with Gasteiger partial charge in [0.05, 0.1) is 4.92 Å². The van der Waals surface area contributed by atoms with Gasteiger partial charge in [0.15, 0.2) is 0 Å². The van der Waals surface area contributed by atoms with Crippen LogP contribution in [0.5, 0.6) is 0 Å². The lowest BCUT2D eigenvalue weighted by Crippen LogP contribution is -2.32. The predicted molar refractivity (Wildman–Crippen MR) is 72.4 cm³/mol. The minimum Gasteiger partial charge on any atom is -0.349 e. The van der Waals surface area contributed by atoms with Crippen molar-refractivity contribution in [3.8, 4) is 0 Å². The average molecular weight is 283 g/mol. The molecule has 1 amide bonds. The number of carbonyl (C=O) groups is 1. The molecule has 1 aliphatic rings. The van der Waals surface area contributed by atoms with Crippen LogP contribution in [0.15, 0.2) is 18.2 Å². The molecule has 0 heterocycles. The second kappa shape index (κ2) is 5.57. The number of hydrogen-bond acceptors (Lipinski definition) is 3. The van der Waals surface area contributed by atoms with E-state index in [9.17, 15) is 14.9 Å². The number of hydrogen-bond donors (Lipinski definition) is 1. The average Bonchev–Trinajstić information content (AvgIpc) is 2.73. The Morgan fingerprint density at radius 3 is 2.74 bits per heavy atom. The maximum atomic E-state index is 12.0. The molecule has 5 nitrogen and oxygen atoms in total. The Hall–Kier alpha value is -1.62. The molecule has 1 N–H and O–H groups in total. The Labute approximate surface area is 116 Å². The largest absolute Gasteiger partial charge is 0.349 e. The molecule has 102 valence electrons. The standard InChI is InChI=1S/C13H15ClN2O3/c1-8-2-3-11(4-8)15-13(17)9-5-10(14)7-12(6-9)16(18)19/h5-8,11H,2-4H2,1H3,(H,15,17). The fourth-order valence-electron chi connectivity index (χ4n) is 2.42. The zero-order chi connectivity index (χ0) is 14.0.